The second kappa shape index (κ2) is 6.15. The average Bonchev–Trinajstić information content (AvgIpc) is 2.82. The fourth-order valence-corrected chi connectivity index (χ4v) is 3.61. The number of Topliss-reactive ketones (excluding diaryl/α,β-unsaturated/α-hetero) is 1. The lowest BCUT2D eigenvalue weighted by molar-refractivity contribution is -0.139. The van der Waals surface area contributed by atoms with Crippen LogP contribution >= 0.6 is 15.9 Å². The van der Waals surface area contributed by atoms with Crippen LogP contribution < -0.4 is 4.90 Å². The van der Waals surface area contributed by atoms with E-state index in [1.165, 1.54) is 4.90 Å². The summed E-state index contributed by atoms with van der Waals surface area (Å²) in [5, 5.41) is 11.3. The lowest BCUT2D eigenvalue weighted by Gasteiger charge is -2.28. The Kier molecular flexibility index (Phi) is 4.32. The SMILES string of the molecule is CCN1C(=O)[C@@](O)([C@@H](C)C(=O)c2ccccc2)c2cc(Br)ccc21. The summed E-state index contributed by atoms with van der Waals surface area (Å²) in [6, 6.07) is 14.1. The molecule has 1 amide bonds. The molecule has 0 aromatic heterocycles. The van der Waals surface area contributed by atoms with Crippen LogP contribution in [0.15, 0.2) is 53.0 Å². The van der Waals surface area contributed by atoms with E-state index in [1.807, 2.05) is 19.1 Å². The Bertz CT molecular complexity index is 806. The Morgan fingerprint density at radius 1 is 1.25 bits per heavy atom. The summed E-state index contributed by atoms with van der Waals surface area (Å²) < 4.78 is 0.754. The molecule has 4 nitrogen and oxygen atoms in total. The van der Waals surface area contributed by atoms with Crippen LogP contribution in [0.3, 0.4) is 0 Å². The minimum atomic E-state index is -1.86. The van der Waals surface area contributed by atoms with E-state index >= 15 is 0 Å². The molecule has 24 heavy (non-hydrogen) atoms. The normalized spacial score (nSPS) is 20.8. The number of benzene rings is 2. The minimum absolute atomic E-state index is 0.254. The molecule has 0 saturated heterocycles. The molecule has 3 rings (SSSR count). The highest BCUT2D eigenvalue weighted by molar-refractivity contribution is 9.10. The molecule has 124 valence electrons. The molecule has 0 spiro atoms. The summed E-state index contributed by atoms with van der Waals surface area (Å²) in [7, 11) is 0. The maximum Gasteiger partial charge on any atom is 0.264 e. The fourth-order valence-electron chi connectivity index (χ4n) is 3.25. The first-order valence-corrected chi connectivity index (χ1v) is 8.64. The summed E-state index contributed by atoms with van der Waals surface area (Å²) in [6.07, 6.45) is 0. The Morgan fingerprint density at radius 3 is 2.54 bits per heavy atom. The standard InChI is InChI=1S/C19H18BrNO3/c1-3-21-16-10-9-14(20)11-15(16)19(24,18(21)23)12(2)17(22)13-7-5-4-6-8-13/h4-12,24H,3H2,1-2H3/t12-,19+/m0/s1. The molecule has 0 saturated carbocycles. The summed E-state index contributed by atoms with van der Waals surface area (Å²) in [5.41, 5.74) is -0.249. The van der Waals surface area contributed by atoms with E-state index in [9.17, 15) is 14.7 Å². The van der Waals surface area contributed by atoms with Crippen molar-refractivity contribution in [2.24, 2.45) is 5.92 Å². The number of fused-ring (bicyclic) bond motifs is 1. The van der Waals surface area contributed by atoms with E-state index in [-0.39, 0.29) is 5.78 Å². The number of aliphatic hydroxyl groups is 1. The zero-order valence-electron chi connectivity index (χ0n) is 13.5. The molecule has 0 unspecified atom stereocenters. The van der Waals surface area contributed by atoms with E-state index in [0.717, 1.165) is 4.47 Å². The van der Waals surface area contributed by atoms with Crippen LogP contribution in [-0.4, -0.2) is 23.3 Å². The van der Waals surface area contributed by atoms with Gasteiger partial charge in [0.15, 0.2) is 11.4 Å². The highest BCUT2D eigenvalue weighted by Gasteiger charge is 2.55. The van der Waals surface area contributed by atoms with Crippen molar-refractivity contribution in [2.45, 2.75) is 19.4 Å². The Morgan fingerprint density at radius 2 is 1.92 bits per heavy atom. The number of likely N-dealkylation sites (N-methyl/N-ethyl adjacent to an activating group) is 1. The van der Waals surface area contributed by atoms with Gasteiger partial charge in [0.25, 0.3) is 5.91 Å². The van der Waals surface area contributed by atoms with Crippen molar-refractivity contribution in [2.75, 3.05) is 11.4 Å². The first kappa shape index (κ1) is 16.9. The quantitative estimate of drug-likeness (QED) is 0.816. The van der Waals surface area contributed by atoms with E-state index in [2.05, 4.69) is 15.9 Å². The Balaban J connectivity index is 2.10. The van der Waals surface area contributed by atoms with Crippen LogP contribution in [0.4, 0.5) is 5.69 Å². The number of ketones is 1. The largest absolute Gasteiger partial charge is 0.375 e. The van der Waals surface area contributed by atoms with Crippen LogP contribution in [0.5, 0.6) is 0 Å². The molecule has 2 aromatic carbocycles. The summed E-state index contributed by atoms with van der Waals surface area (Å²) in [5.74, 6) is -1.60. The average molecular weight is 388 g/mol. The lowest BCUT2D eigenvalue weighted by Crippen LogP contribution is -2.47. The number of rotatable bonds is 4. The van der Waals surface area contributed by atoms with Gasteiger partial charge in [-0.25, -0.2) is 0 Å². The first-order chi connectivity index (χ1) is 11.4. The highest BCUT2D eigenvalue weighted by Crippen LogP contribution is 2.46. The summed E-state index contributed by atoms with van der Waals surface area (Å²) in [4.78, 5) is 27.3. The first-order valence-electron chi connectivity index (χ1n) is 7.84. The Labute approximate surface area is 149 Å². The van der Waals surface area contributed by atoms with Gasteiger partial charge in [-0.2, -0.15) is 0 Å². The fraction of sp³-hybridized carbons (Fsp3) is 0.263. The van der Waals surface area contributed by atoms with Crippen molar-refractivity contribution < 1.29 is 14.7 Å². The molecule has 1 aliphatic rings. The monoisotopic (exact) mass is 387 g/mol. The number of hydrogen-bond donors (Lipinski definition) is 1. The molecule has 1 N–H and O–H groups in total. The smallest absolute Gasteiger partial charge is 0.264 e. The third-order valence-electron chi connectivity index (χ3n) is 4.63. The number of halogens is 1. The maximum atomic E-state index is 12.9. The number of hydrogen-bond acceptors (Lipinski definition) is 3. The molecule has 5 heteroatoms. The summed E-state index contributed by atoms with van der Waals surface area (Å²) in [6.45, 7) is 3.89. The second-order valence-corrected chi connectivity index (χ2v) is 6.84. The lowest BCUT2D eigenvalue weighted by atomic mass is 9.79. The summed E-state index contributed by atoms with van der Waals surface area (Å²) >= 11 is 3.38. The van der Waals surface area contributed by atoms with Gasteiger partial charge in [0.1, 0.15) is 0 Å². The van der Waals surface area contributed by atoms with Crippen molar-refractivity contribution in [3.05, 3.63) is 64.1 Å². The number of amides is 1. The molecular weight excluding hydrogens is 370 g/mol. The van der Waals surface area contributed by atoms with Crippen LogP contribution in [0.2, 0.25) is 0 Å². The molecule has 0 aliphatic carbocycles. The van der Waals surface area contributed by atoms with Gasteiger partial charge >= 0.3 is 0 Å². The van der Waals surface area contributed by atoms with Crippen molar-refractivity contribution in [1.82, 2.24) is 0 Å². The molecule has 0 fully saturated rings. The van der Waals surface area contributed by atoms with Crippen molar-refractivity contribution in [3.8, 4) is 0 Å². The van der Waals surface area contributed by atoms with Gasteiger partial charge in [0.2, 0.25) is 0 Å². The van der Waals surface area contributed by atoms with Crippen molar-refractivity contribution >= 4 is 33.3 Å². The zero-order valence-corrected chi connectivity index (χ0v) is 15.1. The number of nitrogens with zero attached hydrogens (tertiary/aromatic N) is 1. The number of carbonyl (C=O) groups excluding carboxylic acids is 2. The Hall–Kier alpha value is -1.98. The van der Waals surface area contributed by atoms with Crippen LogP contribution in [0, 0.1) is 5.92 Å². The van der Waals surface area contributed by atoms with Crippen LogP contribution in [-0.2, 0) is 10.4 Å². The predicted molar refractivity (Wildman–Crippen MR) is 96.0 cm³/mol. The van der Waals surface area contributed by atoms with E-state index in [1.54, 1.807) is 43.3 Å². The van der Waals surface area contributed by atoms with Gasteiger partial charge in [-0.1, -0.05) is 53.2 Å². The minimum Gasteiger partial charge on any atom is -0.375 e. The second-order valence-electron chi connectivity index (χ2n) is 5.93. The van der Waals surface area contributed by atoms with E-state index in [4.69, 9.17) is 0 Å². The molecule has 0 bridgehead atoms. The van der Waals surface area contributed by atoms with Crippen molar-refractivity contribution in [1.29, 1.82) is 0 Å². The van der Waals surface area contributed by atoms with E-state index in [0.29, 0.717) is 23.4 Å². The molecule has 1 aliphatic heterocycles. The predicted octanol–water partition coefficient (Wildman–Crippen LogP) is 3.52. The van der Waals surface area contributed by atoms with Crippen LogP contribution in [0.1, 0.15) is 29.8 Å². The van der Waals surface area contributed by atoms with Gasteiger partial charge in [-0.05, 0) is 25.1 Å². The molecule has 0 radical (unpaired) electrons. The van der Waals surface area contributed by atoms with Gasteiger partial charge in [0, 0.05) is 22.1 Å². The molecular formula is C19H18BrNO3. The maximum absolute atomic E-state index is 12.9. The number of carbonyl (C=O) groups is 2. The van der Waals surface area contributed by atoms with Gasteiger partial charge in [-0.3, -0.25) is 9.59 Å². The van der Waals surface area contributed by atoms with Crippen LogP contribution in [0.25, 0.3) is 0 Å². The van der Waals surface area contributed by atoms with Gasteiger partial charge in [-0.15, -0.1) is 0 Å². The number of anilines is 1. The third kappa shape index (κ3) is 2.39. The molecule has 1 heterocycles. The molecule has 2 aromatic rings. The van der Waals surface area contributed by atoms with Crippen molar-refractivity contribution in [3.63, 3.8) is 0 Å². The molecule has 2 atom stereocenters. The topological polar surface area (TPSA) is 57.6 Å². The van der Waals surface area contributed by atoms with Gasteiger partial charge in [0.05, 0.1) is 11.6 Å². The highest BCUT2D eigenvalue weighted by atomic mass is 79.9. The van der Waals surface area contributed by atoms with Gasteiger partial charge < -0.3 is 10.0 Å². The third-order valence-corrected chi connectivity index (χ3v) is 5.12. The van der Waals surface area contributed by atoms with E-state index < -0.39 is 17.4 Å². The zero-order chi connectivity index (χ0) is 17.5.